The number of nitrogens with zero attached hydrogens (tertiary/aromatic N) is 4. The number of carbonyl (C=O) groups is 1. The molecule has 0 unspecified atom stereocenters. The molecule has 2 aromatic heterocycles. The topological polar surface area (TPSA) is 92.4 Å². The van der Waals surface area contributed by atoms with Crippen LogP contribution >= 0.6 is 0 Å². The van der Waals surface area contributed by atoms with E-state index in [-0.39, 0.29) is 0 Å². The predicted octanol–water partition coefficient (Wildman–Crippen LogP) is 2.13. The minimum atomic E-state index is -0.860. The van der Waals surface area contributed by atoms with Crippen molar-refractivity contribution in [1.29, 1.82) is 0 Å². The SMILES string of the molecule is C[C@@H](Cc1nccc2nc(Nc3ccccc3)nn12)C(=O)O. The number of anilines is 2. The van der Waals surface area contributed by atoms with E-state index in [0.717, 1.165) is 5.69 Å². The van der Waals surface area contributed by atoms with Gasteiger partial charge in [-0.15, -0.1) is 5.10 Å². The average Bonchev–Trinajstić information content (AvgIpc) is 2.91. The van der Waals surface area contributed by atoms with E-state index < -0.39 is 11.9 Å². The van der Waals surface area contributed by atoms with Crippen LogP contribution in [0, 0.1) is 5.92 Å². The fourth-order valence-corrected chi connectivity index (χ4v) is 2.07. The molecule has 0 amide bonds. The van der Waals surface area contributed by atoms with Crippen molar-refractivity contribution in [3.63, 3.8) is 0 Å². The molecule has 0 bridgehead atoms. The minimum Gasteiger partial charge on any atom is -0.481 e. The molecule has 0 aliphatic carbocycles. The van der Waals surface area contributed by atoms with E-state index in [4.69, 9.17) is 5.11 Å². The maximum absolute atomic E-state index is 11.0. The second kappa shape index (κ2) is 5.80. The zero-order chi connectivity index (χ0) is 15.5. The molecule has 22 heavy (non-hydrogen) atoms. The van der Waals surface area contributed by atoms with Crippen molar-refractivity contribution < 1.29 is 9.90 Å². The molecular weight excluding hydrogens is 282 g/mol. The second-order valence-electron chi connectivity index (χ2n) is 5.00. The van der Waals surface area contributed by atoms with Crippen molar-refractivity contribution in [3.05, 3.63) is 48.4 Å². The van der Waals surface area contributed by atoms with Crippen molar-refractivity contribution in [2.24, 2.45) is 5.92 Å². The molecule has 2 N–H and O–H groups in total. The number of benzene rings is 1. The lowest BCUT2D eigenvalue weighted by Crippen LogP contribution is -2.15. The molecule has 112 valence electrons. The van der Waals surface area contributed by atoms with Crippen LogP contribution in [0.25, 0.3) is 5.65 Å². The molecule has 0 saturated carbocycles. The molecule has 7 nitrogen and oxygen atoms in total. The zero-order valence-corrected chi connectivity index (χ0v) is 12.0. The number of aliphatic carboxylic acids is 1. The largest absolute Gasteiger partial charge is 0.481 e. The van der Waals surface area contributed by atoms with Crippen molar-refractivity contribution in [2.45, 2.75) is 13.3 Å². The van der Waals surface area contributed by atoms with Gasteiger partial charge < -0.3 is 10.4 Å². The van der Waals surface area contributed by atoms with Crippen LogP contribution in [-0.4, -0.2) is 30.7 Å². The molecule has 7 heteroatoms. The van der Waals surface area contributed by atoms with Gasteiger partial charge in [0.15, 0.2) is 5.65 Å². The van der Waals surface area contributed by atoms with E-state index in [1.54, 1.807) is 23.7 Å². The summed E-state index contributed by atoms with van der Waals surface area (Å²) in [4.78, 5) is 19.6. The summed E-state index contributed by atoms with van der Waals surface area (Å²) >= 11 is 0. The van der Waals surface area contributed by atoms with Crippen LogP contribution in [-0.2, 0) is 11.2 Å². The van der Waals surface area contributed by atoms with Crippen LogP contribution in [0.15, 0.2) is 42.6 Å². The fourth-order valence-electron chi connectivity index (χ4n) is 2.07. The van der Waals surface area contributed by atoms with Gasteiger partial charge in [0, 0.05) is 24.4 Å². The molecule has 3 rings (SSSR count). The van der Waals surface area contributed by atoms with E-state index in [1.165, 1.54) is 0 Å². The van der Waals surface area contributed by atoms with Crippen LogP contribution in [0.1, 0.15) is 12.7 Å². The highest BCUT2D eigenvalue weighted by molar-refractivity contribution is 5.69. The molecule has 0 aliphatic rings. The normalized spacial score (nSPS) is 12.2. The van der Waals surface area contributed by atoms with E-state index in [0.29, 0.717) is 23.8 Å². The van der Waals surface area contributed by atoms with Gasteiger partial charge >= 0.3 is 5.97 Å². The fraction of sp³-hybridized carbons (Fsp3) is 0.200. The Morgan fingerprint density at radius 1 is 1.32 bits per heavy atom. The van der Waals surface area contributed by atoms with Gasteiger partial charge in [-0.25, -0.2) is 4.98 Å². The zero-order valence-electron chi connectivity index (χ0n) is 12.0. The lowest BCUT2D eigenvalue weighted by molar-refractivity contribution is -0.141. The maximum Gasteiger partial charge on any atom is 0.306 e. The van der Waals surface area contributed by atoms with Gasteiger partial charge in [-0.2, -0.15) is 9.50 Å². The van der Waals surface area contributed by atoms with Crippen LogP contribution < -0.4 is 5.32 Å². The van der Waals surface area contributed by atoms with Gasteiger partial charge in [0.1, 0.15) is 5.82 Å². The molecule has 0 aliphatic heterocycles. The Bertz CT molecular complexity index is 800. The molecule has 1 atom stereocenters. The summed E-state index contributed by atoms with van der Waals surface area (Å²) in [7, 11) is 0. The molecule has 0 spiro atoms. The monoisotopic (exact) mass is 297 g/mol. The van der Waals surface area contributed by atoms with Crippen molar-refractivity contribution >= 4 is 23.3 Å². The van der Waals surface area contributed by atoms with Crippen LogP contribution in [0.4, 0.5) is 11.6 Å². The minimum absolute atomic E-state index is 0.292. The van der Waals surface area contributed by atoms with E-state index in [2.05, 4.69) is 20.4 Å². The standard InChI is InChI=1S/C15H15N5O2/c1-10(14(21)22)9-13-16-8-7-12-18-15(19-20(12)13)17-11-5-3-2-4-6-11/h2-8,10H,9H2,1H3,(H,17,19)(H,21,22)/t10-/m0/s1. The third-order valence-corrected chi connectivity index (χ3v) is 3.26. The molecule has 3 aromatic rings. The summed E-state index contributed by atoms with van der Waals surface area (Å²) < 4.78 is 1.57. The lowest BCUT2D eigenvalue weighted by atomic mass is 10.1. The van der Waals surface area contributed by atoms with Crippen molar-refractivity contribution in [2.75, 3.05) is 5.32 Å². The molecule has 0 radical (unpaired) electrons. The highest BCUT2D eigenvalue weighted by atomic mass is 16.4. The number of rotatable bonds is 5. The number of carboxylic acid groups (broad SMARTS) is 1. The Balaban J connectivity index is 1.91. The average molecular weight is 297 g/mol. The van der Waals surface area contributed by atoms with Gasteiger partial charge in [0.2, 0.25) is 5.95 Å². The number of fused-ring (bicyclic) bond motifs is 1. The van der Waals surface area contributed by atoms with Gasteiger partial charge in [0.05, 0.1) is 5.92 Å². The first kappa shape index (κ1) is 14.0. The van der Waals surface area contributed by atoms with Crippen LogP contribution in [0.5, 0.6) is 0 Å². The summed E-state index contributed by atoms with van der Waals surface area (Å²) in [5, 5.41) is 16.5. The number of aromatic nitrogens is 4. The Morgan fingerprint density at radius 2 is 2.09 bits per heavy atom. The highest BCUT2D eigenvalue weighted by Crippen LogP contribution is 2.15. The maximum atomic E-state index is 11.0. The summed E-state index contributed by atoms with van der Waals surface area (Å²) in [6.07, 6.45) is 1.90. The summed E-state index contributed by atoms with van der Waals surface area (Å²) in [6, 6.07) is 11.3. The quantitative estimate of drug-likeness (QED) is 0.749. The van der Waals surface area contributed by atoms with Crippen LogP contribution in [0.2, 0.25) is 0 Å². The lowest BCUT2D eigenvalue weighted by Gasteiger charge is -2.06. The number of carboxylic acids is 1. The van der Waals surface area contributed by atoms with Gasteiger partial charge in [-0.3, -0.25) is 4.79 Å². The number of hydrogen-bond acceptors (Lipinski definition) is 5. The highest BCUT2D eigenvalue weighted by Gasteiger charge is 2.16. The van der Waals surface area contributed by atoms with E-state index in [1.807, 2.05) is 30.3 Å². The third kappa shape index (κ3) is 2.88. The Kier molecular flexibility index (Phi) is 3.69. The molecule has 2 heterocycles. The Hall–Kier alpha value is -2.96. The van der Waals surface area contributed by atoms with E-state index in [9.17, 15) is 4.79 Å². The Morgan fingerprint density at radius 3 is 2.82 bits per heavy atom. The third-order valence-electron chi connectivity index (χ3n) is 3.26. The number of nitrogens with one attached hydrogen (secondary N) is 1. The van der Waals surface area contributed by atoms with Gasteiger partial charge in [0.25, 0.3) is 0 Å². The summed E-state index contributed by atoms with van der Waals surface area (Å²) in [6.45, 7) is 1.64. The summed E-state index contributed by atoms with van der Waals surface area (Å²) in [5.41, 5.74) is 1.51. The van der Waals surface area contributed by atoms with E-state index >= 15 is 0 Å². The summed E-state index contributed by atoms with van der Waals surface area (Å²) in [5.74, 6) is -0.376. The molecular formula is C15H15N5O2. The second-order valence-corrected chi connectivity index (χ2v) is 5.00. The van der Waals surface area contributed by atoms with Gasteiger partial charge in [-0.1, -0.05) is 25.1 Å². The van der Waals surface area contributed by atoms with Crippen molar-refractivity contribution in [1.82, 2.24) is 19.6 Å². The molecule has 0 fully saturated rings. The number of hydrogen-bond donors (Lipinski definition) is 2. The first-order valence-corrected chi connectivity index (χ1v) is 6.89. The smallest absolute Gasteiger partial charge is 0.306 e. The predicted molar refractivity (Wildman–Crippen MR) is 81.0 cm³/mol. The Labute approximate surface area is 126 Å². The van der Waals surface area contributed by atoms with Crippen molar-refractivity contribution in [3.8, 4) is 0 Å². The molecule has 0 saturated heterocycles. The van der Waals surface area contributed by atoms with Crippen LogP contribution in [0.3, 0.4) is 0 Å². The number of para-hydroxylation sites is 1. The molecule has 1 aromatic carbocycles. The first-order valence-electron chi connectivity index (χ1n) is 6.89. The first-order chi connectivity index (χ1) is 10.6. The van der Waals surface area contributed by atoms with Gasteiger partial charge in [-0.05, 0) is 12.1 Å².